The minimum atomic E-state index is -3.32. The van der Waals surface area contributed by atoms with Gasteiger partial charge in [0.15, 0.2) is 0 Å². The Bertz CT molecular complexity index is 291. The van der Waals surface area contributed by atoms with Crippen molar-refractivity contribution in [3.05, 3.63) is 0 Å². The Kier molecular flexibility index (Phi) is 1.52. The summed E-state index contributed by atoms with van der Waals surface area (Å²) in [5.41, 5.74) is 0. The van der Waals surface area contributed by atoms with Crippen LogP contribution in [0, 0.1) is 0 Å². The van der Waals surface area contributed by atoms with Gasteiger partial charge in [0.1, 0.15) is 4.75 Å². The standard InChI is InChI=1S/C6H11NO3S/c1-5(8)7-4-6(2,3)11(7,9)10/h4H2,1-3H3. The molecule has 0 unspecified atom stereocenters. The van der Waals surface area contributed by atoms with Gasteiger partial charge in [0.2, 0.25) is 15.9 Å². The maximum atomic E-state index is 11.2. The van der Waals surface area contributed by atoms with Gasteiger partial charge in [0, 0.05) is 6.92 Å². The Morgan fingerprint density at radius 3 is 2.00 bits per heavy atom. The van der Waals surface area contributed by atoms with Crippen LogP contribution < -0.4 is 0 Å². The smallest absolute Gasteiger partial charge is 0.244 e. The number of nitrogens with zero attached hydrogens (tertiary/aromatic N) is 1. The maximum absolute atomic E-state index is 11.2. The highest BCUT2D eigenvalue weighted by molar-refractivity contribution is 7.92. The zero-order chi connectivity index (χ0) is 8.86. The Morgan fingerprint density at radius 2 is 1.91 bits per heavy atom. The monoisotopic (exact) mass is 177 g/mol. The zero-order valence-corrected chi connectivity index (χ0v) is 7.60. The van der Waals surface area contributed by atoms with Gasteiger partial charge in [0.25, 0.3) is 0 Å². The van der Waals surface area contributed by atoms with E-state index in [4.69, 9.17) is 0 Å². The second-order valence-electron chi connectivity index (χ2n) is 3.29. The van der Waals surface area contributed by atoms with Crippen molar-refractivity contribution in [2.45, 2.75) is 25.5 Å². The van der Waals surface area contributed by atoms with E-state index in [9.17, 15) is 13.2 Å². The number of carbonyl (C=O) groups is 1. The van der Waals surface area contributed by atoms with Gasteiger partial charge in [-0.1, -0.05) is 0 Å². The van der Waals surface area contributed by atoms with E-state index in [1.54, 1.807) is 13.8 Å². The normalized spacial score (nSPS) is 25.9. The first kappa shape index (κ1) is 8.52. The van der Waals surface area contributed by atoms with Crippen LogP contribution in [0.4, 0.5) is 0 Å². The first-order valence-electron chi connectivity index (χ1n) is 3.32. The van der Waals surface area contributed by atoms with Crippen LogP contribution in [0.5, 0.6) is 0 Å². The van der Waals surface area contributed by atoms with E-state index in [1.807, 2.05) is 0 Å². The van der Waals surface area contributed by atoms with Gasteiger partial charge in [0.05, 0.1) is 6.54 Å². The van der Waals surface area contributed by atoms with Crippen LogP contribution in [0.3, 0.4) is 0 Å². The molecule has 0 saturated carbocycles. The predicted molar refractivity (Wildman–Crippen MR) is 40.4 cm³/mol. The summed E-state index contributed by atoms with van der Waals surface area (Å²) in [4.78, 5) is 10.7. The summed E-state index contributed by atoms with van der Waals surface area (Å²) in [5, 5.41) is 0. The molecule has 0 bridgehead atoms. The van der Waals surface area contributed by atoms with Crippen molar-refractivity contribution in [2.24, 2.45) is 0 Å². The Labute approximate surface area is 66.2 Å². The van der Waals surface area contributed by atoms with E-state index in [0.717, 1.165) is 4.31 Å². The molecule has 4 nitrogen and oxygen atoms in total. The van der Waals surface area contributed by atoms with Crippen molar-refractivity contribution < 1.29 is 13.2 Å². The van der Waals surface area contributed by atoms with Crippen LogP contribution in [0.2, 0.25) is 0 Å². The largest absolute Gasteiger partial charge is 0.274 e. The summed E-state index contributed by atoms with van der Waals surface area (Å²) < 4.78 is 22.6. The van der Waals surface area contributed by atoms with E-state index in [0.29, 0.717) is 6.54 Å². The van der Waals surface area contributed by atoms with Crippen molar-refractivity contribution >= 4 is 15.9 Å². The molecule has 1 aliphatic rings. The summed E-state index contributed by atoms with van der Waals surface area (Å²) in [6.07, 6.45) is 0. The highest BCUT2D eigenvalue weighted by atomic mass is 32.2. The summed E-state index contributed by atoms with van der Waals surface area (Å²) >= 11 is 0. The molecule has 0 aliphatic carbocycles. The molecule has 5 heteroatoms. The minimum Gasteiger partial charge on any atom is -0.274 e. The first-order chi connectivity index (χ1) is 4.79. The molecule has 64 valence electrons. The third kappa shape index (κ3) is 0.946. The fourth-order valence-electron chi connectivity index (χ4n) is 1.02. The molecule has 1 saturated heterocycles. The lowest BCUT2D eigenvalue weighted by Gasteiger charge is -2.43. The van der Waals surface area contributed by atoms with Gasteiger partial charge in [-0.2, -0.15) is 0 Å². The van der Waals surface area contributed by atoms with Gasteiger partial charge >= 0.3 is 0 Å². The van der Waals surface area contributed by atoms with Gasteiger partial charge in [-0.3, -0.25) is 4.79 Å². The molecule has 0 radical (unpaired) electrons. The van der Waals surface area contributed by atoms with Crippen LogP contribution in [-0.4, -0.2) is 29.9 Å². The Morgan fingerprint density at radius 1 is 1.45 bits per heavy atom. The zero-order valence-electron chi connectivity index (χ0n) is 6.79. The molecule has 0 atom stereocenters. The third-order valence-corrected chi connectivity index (χ3v) is 4.36. The summed E-state index contributed by atoms with van der Waals surface area (Å²) in [5.74, 6) is -0.399. The Balaban J connectivity index is 2.96. The van der Waals surface area contributed by atoms with Crippen molar-refractivity contribution in [2.75, 3.05) is 6.54 Å². The molecular weight excluding hydrogens is 166 g/mol. The lowest BCUT2D eigenvalue weighted by atomic mass is 10.2. The molecule has 1 fully saturated rings. The fourth-order valence-corrected chi connectivity index (χ4v) is 2.53. The van der Waals surface area contributed by atoms with Crippen LogP contribution in [0.1, 0.15) is 20.8 Å². The van der Waals surface area contributed by atoms with E-state index in [-0.39, 0.29) is 0 Å². The third-order valence-electron chi connectivity index (χ3n) is 1.86. The second kappa shape index (κ2) is 1.97. The van der Waals surface area contributed by atoms with Gasteiger partial charge in [-0.05, 0) is 13.8 Å². The minimum absolute atomic E-state index is 0.310. The molecular formula is C6H11NO3S. The molecule has 0 aromatic heterocycles. The summed E-state index contributed by atoms with van der Waals surface area (Å²) in [7, 11) is -3.32. The molecule has 1 amide bonds. The Hall–Kier alpha value is -0.580. The average Bonchev–Trinajstić information content (AvgIpc) is 1.82. The SMILES string of the molecule is CC(=O)N1CC(C)(C)S1(=O)=O. The van der Waals surface area contributed by atoms with E-state index < -0.39 is 20.7 Å². The molecule has 0 N–H and O–H groups in total. The molecule has 0 aromatic rings. The molecule has 0 spiro atoms. The van der Waals surface area contributed by atoms with Crippen molar-refractivity contribution in [3.63, 3.8) is 0 Å². The van der Waals surface area contributed by atoms with Gasteiger partial charge < -0.3 is 0 Å². The molecule has 0 aromatic carbocycles. The van der Waals surface area contributed by atoms with Crippen molar-refractivity contribution in [3.8, 4) is 0 Å². The van der Waals surface area contributed by atoms with Crippen LogP contribution >= 0.6 is 0 Å². The van der Waals surface area contributed by atoms with E-state index in [1.165, 1.54) is 6.92 Å². The lowest BCUT2D eigenvalue weighted by molar-refractivity contribution is -0.125. The van der Waals surface area contributed by atoms with Crippen LogP contribution in [-0.2, 0) is 14.8 Å². The number of hydrogen-bond donors (Lipinski definition) is 0. The van der Waals surface area contributed by atoms with Crippen LogP contribution in [0.15, 0.2) is 0 Å². The highest BCUT2D eigenvalue weighted by Crippen LogP contribution is 2.32. The van der Waals surface area contributed by atoms with E-state index in [2.05, 4.69) is 0 Å². The lowest BCUT2D eigenvalue weighted by Crippen LogP contribution is -2.63. The number of carbonyl (C=O) groups excluding carboxylic acids is 1. The highest BCUT2D eigenvalue weighted by Gasteiger charge is 2.52. The molecule has 11 heavy (non-hydrogen) atoms. The quantitative estimate of drug-likeness (QED) is 0.521. The second-order valence-corrected chi connectivity index (χ2v) is 5.79. The fraction of sp³-hybridized carbons (Fsp3) is 0.833. The number of rotatable bonds is 0. The molecule has 1 aliphatic heterocycles. The molecule has 1 heterocycles. The molecule has 1 rings (SSSR count). The number of sulfonamides is 1. The van der Waals surface area contributed by atoms with Crippen molar-refractivity contribution in [1.29, 1.82) is 0 Å². The average molecular weight is 177 g/mol. The number of hydrogen-bond acceptors (Lipinski definition) is 3. The summed E-state index contributed by atoms with van der Waals surface area (Å²) in [6, 6.07) is 0. The van der Waals surface area contributed by atoms with Crippen LogP contribution in [0.25, 0.3) is 0 Å². The predicted octanol–water partition coefficient (Wildman–Crippen LogP) is -0.0431. The number of amides is 1. The summed E-state index contributed by atoms with van der Waals surface area (Å²) in [6.45, 7) is 4.79. The van der Waals surface area contributed by atoms with Gasteiger partial charge in [-0.15, -0.1) is 0 Å². The topological polar surface area (TPSA) is 54.5 Å². The maximum Gasteiger partial charge on any atom is 0.244 e. The van der Waals surface area contributed by atoms with Gasteiger partial charge in [-0.25, -0.2) is 12.7 Å². The first-order valence-corrected chi connectivity index (χ1v) is 4.76. The van der Waals surface area contributed by atoms with E-state index >= 15 is 0 Å². The van der Waals surface area contributed by atoms with Crippen molar-refractivity contribution in [1.82, 2.24) is 4.31 Å².